The average molecular weight is 308 g/mol. The highest BCUT2D eigenvalue weighted by atomic mass is 35.5. The summed E-state index contributed by atoms with van der Waals surface area (Å²) in [5.41, 5.74) is 5.37. The van der Waals surface area contributed by atoms with Crippen LogP contribution in [0.3, 0.4) is 0 Å². The molecule has 1 aromatic carbocycles. The maximum absolute atomic E-state index is 11.0. The van der Waals surface area contributed by atoms with E-state index in [-0.39, 0.29) is 11.7 Å². The summed E-state index contributed by atoms with van der Waals surface area (Å²) in [7, 11) is 0. The SMILES string of the molecule is CCOC(=O)NNC(=S)Nc1ccc(Cl)c(Cl)c1. The van der Waals surface area contributed by atoms with Crippen molar-refractivity contribution in [3.8, 4) is 0 Å². The van der Waals surface area contributed by atoms with E-state index in [9.17, 15) is 4.79 Å². The first-order valence-electron chi connectivity index (χ1n) is 4.97. The summed E-state index contributed by atoms with van der Waals surface area (Å²) in [6, 6.07) is 4.95. The number of anilines is 1. The van der Waals surface area contributed by atoms with Gasteiger partial charge in [0, 0.05) is 5.69 Å². The molecular weight excluding hydrogens is 297 g/mol. The zero-order valence-corrected chi connectivity index (χ0v) is 11.7. The van der Waals surface area contributed by atoms with Crippen molar-refractivity contribution in [2.45, 2.75) is 6.92 Å². The van der Waals surface area contributed by atoms with Crippen LogP contribution in [-0.2, 0) is 4.74 Å². The largest absolute Gasteiger partial charge is 0.449 e. The van der Waals surface area contributed by atoms with Gasteiger partial charge in [-0.25, -0.2) is 10.2 Å². The molecule has 0 saturated heterocycles. The van der Waals surface area contributed by atoms with Gasteiger partial charge in [-0.2, -0.15) is 0 Å². The second kappa shape index (κ2) is 7.25. The molecule has 1 amide bonds. The Morgan fingerprint density at radius 1 is 1.33 bits per heavy atom. The Labute approximate surface area is 120 Å². The van der Waals surface area contributed by atoms with E-state index < -0.39 is 6.09 Å². The molecule has 0 spiro atoms. The first-order chi connectivity index (χ1) is 8.52. The highest BCUT2D eigenvalue weighted by Crippen LogP contribution is 2.24. The molecule has 0 aliphatic heterocycles. The number of hydrogen-bond acceptors (Lipinski definition) is 3. The van der Waals surface area contributed by atoms with Gasteiger partial charge >= 0.3 is 6.09 Å². The summed E-state index contributed by atoms with van der Waals surface area (Å²) in [6.07, 6.45) is -0.615. The van der Waals surface area contributed by atoms with Crippen molar-refractivity contribution in [3.63, 3.8) is 0 Å². The van der Waals surface area contributed by atoms with Crippen LogP contribution in [0.15, 0.2) is 18.2 Å². The highest BCUT2D eigenvalue weighted by molar-refractivity contribution is 7.80. The highest BCUT2D eigenvalue weighted by Gasteiger charge is 2.03. The minimum atomic E-state index is -0.615. The molecule has 0 fully saturated rings. The van der Waals surface area contributed by atoms with E-state index in [0.29, 0.717) is 15.7 Å². The summed E-state index contributed by atoms with van der Waals surface area (Å²) >= 11 is 16.6. The van der Waals surface area contributed by atoms with E-state index in [1.54, 1.807) is 25.1 Å². The molecule has 0 unspecified atom stereocenters. The summed E-state index contributed by atoms with van der Waals surface area (Å²) in [4.78, 5) is 11.0. The smallest absolute Gasteiger partial charge is 0.425 e. The molecule has 1 aromatic rings. The molecule has 0 radical (unpaired) electrons. The molecule has 0 aromatic heterocycles. The lowest BCUT2D eigenvalue weighted by Gasteiger charge is -2.11. The summed E-state index contributed by atoms with van der Waals surface area (Å²) in [5, 5.41) is 3.87. The van der Waals surface area contributed by atoms with Gasteiger partial charge in [0.05, 0.1) is 16.7 Å². The van der Waals surface area contributed by atoms with Crippen LogP contribution in [0.25, 0.3) is 0 Å². The molecule has 0 aliphatic carbocycles. The fourth-order valence-corrected chi connectivity index (χ4v) is 1.48. The van der Waals surface area contributed by atoms with E-state index in [0.717, 1.165) is 0 Å². The Morgan fingerprint density at radius 3 is 2.67 bits per heavy atom. The van der Waals surface area contributed by atoms with Crippen molar-refractivity contribution >= 4 is 52.3 Å². The standard InChI is InChI=1S/C10H11Cl2N3O2S/c1-2-17-10(16)15-14-9(18)13-6-3-4-7(11)8(12)5-6/h3-5H,2H2,1H3,(H,15,16)(H2,13,14,18). The van der Waals surface area contributed by atoms with Gasteiger partial charge in [-0.3, -0.25) is 5.43 Å². The van der Waals surface area contributed by atoms with Gasteiger partial charge in [0.15, 0.2) is 5.11 Å². The number of benzene rings is 1. The zero-order valence-electron chi connectivity index (χ0n) is 9.42. The van der Waals surface area contributed by atoms with Crippen molar-refractivity contribution in [1.29, 1.82) is 0 Å². The predicted molar refractivity (Wildman–Crippen MR) is 76.0 cm³/mol. The monoisotopic (exact) mass is 307 g/mol. The van der Waals surface area contributed by atoms with Crippen LogP contribution < -0.4 is 16.2 Å². The number of hydrazine groups is 1. The van der Waals surface area contributed by atoms with Gasteiger partial charge in [-0.15, -0.1) is 0 Å². The van der Waals surface area contributed by atoms with E-state index in [1.165, 1.54) is 0 Å². The molecule has 18 heavy (non-hydrogen) atoms. The topological polar surface area (TPSA) is 62.4 Å². The molecule has 98 valence electrons. The van der Waals surface area contributed by atoms with Crippen LogP contribution >= 0.6 is 35.4 Å². The Kier molecular flexibility index (Phi) is 5.97. The van der Waals surface area contributed by atoms with Crippen LogP contribution in [0.2, 0.25) is 10.0 Å². The Morgan fingerprint density at radius 2 is 2.06 bits per heavy atom. The van der Waals surface area contributed by atoms with Crippen molar-refractivity contribution in [3.05, 3.63) is 28.2 Å². The number of amides is 1. The third-order valence-electron chi connectivity index (χ3n) is 1.73. The van der Waals surface area contributed by atoms with Crippen LogP contribution in [0.4, 0.5) is 10.5 Å². The fourth-order valence-electron chi connectivity index (χ4n) is 1.01. The molecule has 0 saturated carbocycles. The molecule has 0 atom stereocenters. The number of carbonyl (C=O) groups is 1. The Hall–Kier alpha value is -1.24. The molecule has 0 aliphatic rings. The number of thiocarbonyl (C=S) groups is 1. The number of hydrogen-bond donors (Lipinski definition) is 3. The van der Waals surface area contributed by atoms with Crippen molar-refractivity contribution in [2.75, 3.05) is 11.9 Å². The first-order valence-corrected chi connectivity index (χ1v) is 6.14. The van der Waals surface area contributed by atoms with Gasteiger partial charge in [-0.05, 0) is 37.3 Å². The van der Waals surface area contributed by atoms with E-state index in [2.05, 4.69) is 20.9 Å². The summed E-state index contributed by atoms with van der Waals surface area (Å²) in [5.74, 6) is 0. The molecule has 5 nitrogen and oxygen atoms in total. The van der Waals surface area contributed by atoms with Gasteiger partial charge in [-0.1, -0.05) is 23.2 Å². The molecule has 3 N–H and O–H groups in total. The second-order valence-electron chi connectivity index (χ2n) is 3.05. The maximum Gasteiger partial charge on any atom is 0.425 e. The number of carbonyl (C=O) groups excluding carboxylic acids is 1. The maximum atomic E-state index is 11.0. The minimum absolute atomic E-state index is 0.196. The van der Waals surface area contributed by atoms with Crippen molar-refractivity contribution < 1.29 is 9.53 Å². The van der Waals surface area contributed by atoms with Crippen LogP contribution in [0.5, 0.6) is 0 Å². The van der Waals surface area contributed by atoms with E-state index in [1.807, 2.05) is 0 Å². The molecule has 0 heterocycles. The number of halogens is 2. The summed E-state index contributed by atoms with van der Waals surface area (Å²) < 4.78 is 4.64. The first kappa shape index (κ1) is 14.8. The van der Waals surface area contributed by atoms with Gasteiger partial charge in [0.2, 0.25) is 0 Å². The Bertz CT molecular complexity index is 457. The predicted octanol–water partition coefficient (Wildman–Crippen LogP) is 2.94. The van der Waals surface area contributed by atoms with E-state index in [4.69, 9.17) is 35.4 Å². The molecular formula is C10H11Cl2N3O2S. The molecule has 1 rings (SSSR count). The number of rotatable bonds is 2. The lowest BCUT2D eigenvalue weighted by molar-refractivity contribution is 0.150. The average Bonchev–Trinajstić information content (AvgIpc) is 2.32. The molecule has 0 bridgehead atoms. The van der Waals surface area contributed by atoms with Gasteiger partial charge in [0.1, 0.15) is 0 Å². The van der Waals surface area contributed by atoms with Crippen molar-refractivity contribution in [2.24, 2.45) is 0 Å². The van der Waals surface area contributed by atoms with Crippen LogP contribution in [0.1, 0.15) is 6.92 Å². The second-order valence-corrected chi connectivity index (χ2v) is 4.28. The zero-order chi connectivity index (χ0) is 13.5. The van der Waals surface area contributed by atoms with Crippen LogP contribution in [-0.4, -0.2) is 17.8 Å². The summed E-state index contributed by atoms with van der Waals surface area (Å²) in [6.45, 7) is 1.98. The third-order valence-corrected chi connectivity index (χ3v) is 2.67. The third kappa shape index (κ3) is 4.95. The van der Waals surface area contributed by atoms with E-state index >= 15 is 0 Å². The number of ether oxygens (including phenoxy) is 1. The van der Waals surface area contributed by atoms with Gasteiger partial charge in [0.25, 0.3) is 0 Å². The molecule has 8 heteroatoms. The quantitative estimate of drug-likeness (QED) is 0.579. The van der Waals surface area contributed by atoms with Crippen LogP contribution in [0, 0.1) is 0 Å². The normalized spacial score (nSPS) is 9.50. The number of nitrogens with one attached hydrogen (secondary N) is 3. The lowest BCUT2D eigenvalue weighted by Crippen LogP contribution is -2.44. The lowest BCUT2D eigenvalue weighted by atomic mass is 10.3. The fraction of sp³-hybridized carbons (Fsp3) is 0.200. The van der Waals surface area contributed by atoms with Crippen molar-refractivity contribution in [1.82, 2.24) is 10.9 Å². The Balaban J connectivity index is 2.44. The van der Waals surface area contributed by atoms with Gasteiger partial charge < -0.3 is 10.1 Å². The minimum Gasteiger partial charge on any atom is -0.449 e.